The molecule has 8 nitrogen and oxygen atoms in total. The summed E-state index contributed by atoms with van der Waals surface area (Å²) in [7, 11) is 0. The smallest absolute Gasteiger partial charge is 0.251 e. The largest absolute Gasteiger partial charge is 0.367 e. The molecule has 25 heavy (non-hydrogen) atoms. The molecule has 0 unspecified atom stereocenters. The van der Waals surface area contributed by atoms with Crippen LogP contribution in [0.1, 0.15) is 31.1 Å². The molecule has 0 heterocycles. The van der Waals surface area contributed by atoms with Crippen molar-refractivity contribution >= 4 is 23.5 Å². The summed E-state index contributed by atoms with van der Waals surface area (Å²) < 4.78 is 5.02. The van der Waals surface area contributed by atoms with Gasteiger partial charge in [0.05, 0.1) is 6.61 Å². The molecule has 0 fully saturated rings. The van der Waals surface area contributed by atoms with E-state index in [2.05, 4.69) is 11.2 Å². The van der Waals surface area contributed by atoms with Crippen molar-refractivity contribution in [3.05, 3.63) is 47.0 Å². The molecule has 1 aromatic carbocycles. The molecule has 0 saturated heterocycles. The number of carbonyl (C=O) groups is 4. The molecular formula is C17H17N3O5. The van der Waals surface area contributed by atoms with E-state index in [-0.39, 0.29) is 36.4 Å². The van der Waals surface area contributed by atoms with Gasteiger partial charge in [0.15, 0.2) is 5.78 Å². The monoisotopic (exact) mass is 343 g/mol. The van der Waals surface area contributed by atoms with Crippen molar-refractivity contribution in [2.45, 2.75) is 0 Å². The molecule has 1 aromatic rings. The molecule has 0 aliphatic heterocycles. The van der Waals surface area contributed by atoms with Crippen molar-refractivity contribution in [1.82, 2.24) is 5.32 Å². The molecule has 1 rings (SSSR count). The lowest BCUT2D eigenvalue weighted by molar-refractivity contribution is -0.113. The SMILES string of the molecule is C#CCOCCNC(=O)c1cc(C(N)=O)cc(C(=O)/C=C/C(N)=O)c1. The normalized spacial score (nSPS) is 10.2. The van der Waals surface area contributed by atoms with Crippen LogP contribution in [0.2, 0.25) is 0 Å². The van der Waals surface area contributed by atoms with Gasteiger partial charge in [0.25, 0.3) is 5.91 Å². The second-order valence-electron chi connectivity index (χ2n) is 4.78. The van der Waals surface area contributed by atoms with Gasteiger partial charge in [0, 0.05) is 29.3 Å². The van der Waals surface area contributed by atoms with Crippen LogP contribution in [0, 0.1) is 12.3 Å². The Bertz CT molecular complexity index is 762. The van der Waals surface area contributed by atoms with E-state index < -0.39 is 23.5 Å². The fraction of sp³-hybridized carbons (Fsp3) is 0.176. The second-order valence-corrected chi connectivity index (χ2v) is 4.78. The first kappa shape index (κ1) is 19.6. The van der Waals surface area contributed by atoms with Crippen molar-refractivity contribution in [2.75, 3.05) is 19.8 Å². The van der Waals surface area contributed by atoms with E-state index in [0.717, 1.165) is 12.2 Å². The Morgan fingerprint density at radius 2 is 1.72 bits per heavy atom. The maximum absolute atomic E-state index is 12.1. The standard InChI is InChI=1S/C17H17N3O5/c1-2-6-25-7-5-20-17(24)13-9-11(8-12(10-13)16(19)23)14(21)3-4-15(18)22/h1,3-4,8-10H,5-7H2,(H2,18,22)(H2,19,23)(H,20,24)/b4-3+. The van der Waals surface area contributed by atoms with Crippen molar-refractivity contribution in [3.8, 4) is 12.3 Å². The highest BCUT2D eigenvalue weighted by atomic mass is 16.5. The Balaban J connectivity index is 2.97. The van der Waals surface area contributed by atoms with E-state index in [9.17, 15) is 19.2 Å². The molecule has 0 aromatic heterocycles. The summed E-state index contributed by atoms with van der Waals surface area (Å²) in [6.45, 7) is 0.517. The minimum Gasteiger partial charge on any atom is -0.367 e. The number of amides is 3. The summed E-state index contributed by atoms with van der Waals surface area (Å²) in [5, 5.41) is 2.55. The van der Waals surface area contributed by atoms with Crippen LogP contribution < -0.4 is 16.8 Å². The first-order valence-corrected chi connectivity index (χ1v) is 7.11. The van der Waals surface area contributed by atoms with Gasteiger partial charge in [0.1, 0.15) is 6.61 Å². The van der Waals surface area contributed by atoms with Crippen LogP contribution in [0.3, 0.4) is 0 Å². The highest BCUT2D eigenvalue weighted by molar-refractivity contribution is 6.10. The molecule has 5 N–H and O–H groups in total. The number of nitrogens with one attached hydrogen (secondary N) is 1. The summed E-state index contributed by atoms with van der Waals surface area (Å²) in [5.41, 5.74) is 10.2. The number of carbonyl (C=O) groups excluding carboxylic acids is 4. The van der Waals surface area contributed by atoms with Gasteiger partial charge in [0.2, 0.25) is 11.8 Å². The Kier molecular flexibility index (Phi) is 7.56. The van der Waals surface area contributed by atoms with Crippen LogP contribution in [-0.2, 0) is 9.53 Å². The molecule has 3 amide bonds. The van der Waals surface area contributed by atoms with Gasteiger partial charge in [-0.1, -0.05) is 5.92 Å². The van der Waals surface area contributed by atoms with Crippen LogP contribution in [0.15, 0.2) is 30.4 Å². The second kappa shape index (κ2) is 9.64. The van der Waals surface area contributed by atoms with Gasteiger partial charge in [-0.15, -0.1) is 6.42 Å². The molecule has 8 heteroatoms. The van der Waals surface area contributed by atoms with E-state index in [1.54, 1.807) is 0 Å². The number of ketones is 1. The fourth-order valence-corrected chi connectivity index (χ4v) is 1.77. The summed E-state index contributed by atoms with van der Waals surface area (Å²) >= 11 is 0. The molecule has 0 atom stereocenters. The zero-order chi connectivity index (χ0) is 18.8. The van der Waals surface area contributed by atoms with Gasteiger partial charge in [-0.3, -0.25) is 19.2 Å². The van der Waals surface area contributed by atoms with E-state index in [1.165, 1.54) is 18.2 Å². The highest BCUT2D eigenvalue weighted by Gasteiger charge is 2.14. The summed E-state index contributed by atoms with van der Waals surface area (Å²) in [4.78, 5) is 46.2. The number of rotatable bonds is 9. The third kappa shape index (κ3) is 6.68. The molecule has 0 saturated carbocycles. The third-order valence-corrected chi connectivity index (χ3v) is 2.88. The Hall–Kier alpha value is -3.44. The quantitative estimate of drug-likeness (QED) is 0.237. The van der Waals surface area contributed by atoms with Crippen molar-refractivity contribution in [2.24, 2.45) is 11.5 Å². The minimum atomic E-state index is -0.806. The number of terminal acetylenes is 1. The van der Waals surface area contributed by atoms with E-state index in [0.29, 0.717) is 0 Å². The molecule has 0 spiro atoms. The van der Waals surface area contributed by atoms with Crippen LogP contribution in [0.25, 0.3) is 0 Å². The molecular weight excluding hydrogens is 326 g/mol. The lowest BCUT2D eigenvalue weighted by atomic mass is 10.0. The van der Waals surface area contributed by atoms with Crippen molar-refractivity contribution in [1.29, 1.82) is 0 Å². The molecule has 0 bridgehead atoms. The Morgan fingerprint density at radius 3 is 2.32 bits per heavy atom. The van der Waals surface area contributed by atoms with Gasteiger partial charge in [-0.2, -0.15) is 0 Å². The lowest BCUT2D eigenvalue weighted by Gasteiger charge is -2.08. The predicted molar refractivity (Wildman–Crippen MR) is 89.6 cm³/mol. The van der Waals surface area contributed by atoms with Crippen LogP contribution in [-0.4, -0.2) is 43.3 Å². The van der Waals surface area contributed by atoms with Crippen molar-refractivity contribution in [3.63, 3.8) is 0 Å². The number of nitrogens with two attached hydrogens (primary N) is 2. The van der Waals surface area contributed by atoms with E-state index in [1.807, 2.05) is 0 Å². The van der Waals surface area contributed by atoms with Gasteiger partial charge >= 0.3 is 0 Å². The number of benzene rings is 1. The summed E-state index contributed by atoms with van der Waals surface area (Å²) in [6, 6.07) is 3.76. The summed E-state index contributed by atoms with van der Waals surface area (Å²) in [6.07, 6.45) is 6.84. The first-order chi connectivity index (χ1) is 11.8. The van der Waals surface area contributed by atoms with E-state index in [4.69, 9.17) is 22.6 Å². The molecule has 0 radical (unpaired) electrons. The molecule has 130 valence electrons. The number of ether oxygens (including phenoxy) is 1. The van der Waals surface area contributed by atoms with Crippen LogP contribution >= 0.6 is 0 Å². The number of primary amides is 2. The zero-order valence-corrected chi connectivity index (χ0v) is 13.3. The van der Waals surface area contributed by atoms with Crippen LogP contribution in [0.5, 0.6) is 0 Å². The average molecular weight is 343 g/mol. The maximum atomic E-state index is 12.1. The number of hydrogen-bond acceptors (Lipinski definition) is 5. The maximum Gasteiger partial charge on any atom is 0.251 e. The molecule has 0 aliphatic carbocycles. The Labute approximate surface area is 144 Å². The first-order valence-electron chi connectivity index (χ1n) is 7.11. The zero-order valence-electron chi connectivity index (χ0n) is 13.3. The lowest BCUT2D eigenvalue weighted by Crippen LogP contribution is -2.28. The summed E-state index contributed by atoms with van der Waals surface area (Å²) in [5.74, 6) is -0.454. The average Bonchev–Trinajstić information content (AvgIpc) is 2.58. The van der Waals surface area contributed by atoms with Gasteiger partial charge in [-0.05, 0) is 24.3 Å². The Morgan fingerprint density at radius 1 is 1.08 bits per heavy atom. The van der Waals surface area contributed by atoms with Crippen molar-refractivity contribution < 1.29 is 23.9 Å². The minimum absolute atomic E-state index is 0.0162. The van der Waals surface area contributed by atoms with E-state index >= 15 is 0 Å². The van der Waals surface area contributed by atoms with Gasteiger partial charge in [-0.25, -0.2) is 0 Å². The predicted octanol–water partition coefficient (Wildman–Crippen LogP) is -0.611. The topological polar surface area (TPSA) is 142 Å². The third-order valence-electron chi connectivity index (χ3n) is 2.88. The number of allylic oxidation sites excluding steroid dienone is 1. The fourth-order valence-electron chi connectivity index (χ4n) is 1.77. The highest BCUT2D eigenvalue weighted by Crippen LogP contribution is 2.12. The molecule has 0 aliphatic rings. The number of hydrogen-bond donors (Lipinski definition) is 3. The van der Waals surface area contributed by atoms with Crippen LogP contribution in [0.4, 0.5) is 0 Å². The van der Waals surface area contributed by atoms with Gasteiger partial charge < -0.3 is 21.5 Å².